The van der Waals surface area contributed by atoms with Crippen LogP contribution in [0.3, 0.4) is 0 Å². The second-order valence-electron chi connectivity index (χ2n) is 5.30. The smallest absolute Gasteiger partial charge is 0.268 e. The Kier molecular flexibility index (Phi) is 5.08. The van der Waals surface area contributed by atoms with Crippen LogP contribution >= 0.6 is 0 Å². The summed E-state index contributed by atoms with van der Waals surface area (Å²) >= 11 is 0. The lowest BCUT2D eigenvalue weighted by Crippen LogP contribution is -2.18. The van der Waals surface area contributed by atoms with Crippen LogP contribution in [-0.4, -0.2) is 31.8 Å². The largest absolute Gasteiger partial charge is 0.291 e. The highest BCUT2D eigenvalue weighted by Crippen LogP contribution is 2.12. The quantitative estimate of drug-likeness (QED) is 0.415. The van der Waals surface area contributed by atoms with Crippen molar-refractivity contribution in [1.82, 2.24) is 20.2 Å². The summed E-state index contributed by atoms with van der Waals surface area (Å²) in [5.41, 5.74) is 4.30. The van der Waals surface area contributed by atoms with Gasteiger partial charge >= 0.3 is 0 Å². The number of nitrogens with one attached hydrogen (secondary N) is 1. The molecule has 2 heterocycles. The molecule has 1 aromatic carbocycles. The molecule has 9 nitrogen and oxygen atoms in total. The van der Waals surface area contributed by atoms with Crippen LogP contribution in [0, 0.1) is 10.1 Å². The van der Waals surface area contributed by atoms with Crippen molar-refractivity contribution >= 4 is 17.8 Å². The van der Waals surface area contributed by atoms with Crippen LogP contribution in [0.25, 0.3) is 0 Å². The molecule has 1 amide bonds. The zero-order valence-electron chi connectivity index (χ0n) is 13.5. The first-order valence-electron chi connectivity index (χ1n) is 7.62. The molecule has 0 fully saturated rings. The molecular formula is C17H14N6O3. The molecule has 0 atom stereocenters. The maximum atomic E-state index is 12.0. The number of non-ortho nitro benzene ring substituents is 1. The van der Waals surface area contributed by atoms with Gasteiger partial charge in [-0.2, -0.15) is 10.2 Å². The minimum Gasteiger partial charge on any atom is -0.268 e. The number of benzene rings is 1. The van der Waals surface area contributed by atoms with Gasteiger partial charge in [-0.15, -0.1) is 0 Å². The average Bonchev–Trinajstić information content (AvgIpc) is 3.11. The van der Waals surface area contributed by atoms with Crippen molar-refractivity contribution in [2.45, 2.75) is 6.54 Å². The van der Waals surface area contributed by atoms with E-state index in [1.165, 1.54) is 18.3 Å². The van der Waals surface area contributed by atoms with Crippen molar-refractivity contribution in [3.05, 3.63) is 88.0 Å². The number of nitro groups is 1. The standard InChI is InChI=1S/C17H14N6O3/c24-17(20-19-11-13-5-8-18-9-6-13)16-7-10-22(21-16)12-14-1-3-15(4-2-14)23(25)26/h1-11H,12H2,(H,20,24)/b19-11+. The molecule has 26 heavy (non-hydrogen) atoms. The summed E-state index contributed by atoms with van der Waals surface area (Å²) in [5, 5.41) is 18.7. The van der Waals surface area contributed by atoms with E-state index in [9.17, 15) is 14.9 Å². The van der Waals surface area contributed by atoms with Crippen LogP contribution in [0.15, 0.2) is 66.2 Å². The molecule has 0 saturated heterocycles. The number of pyridine rings is 1. The van der Waals surface area contributed by atoms with Crippen LogP contribution in [-0.2, 0) is 6.54 Å². The maximum Gasteiger partial charge on any atom is 0.291 e. The van der Waals surface area contributed by atoms with Gasteiger partial charge in [0.05, 0.1) is 17.7 Å². The lowest BCUT2D eigenvalue weighted by atomic mass is 10.2. The predicted octanol–water partition coefficient (Wildman–Crippen LogP) is 2.00. The van der Waals surface area contributed by atoms with E-state index >= 15 is 0 Å². The van der Waals surface area contributed by atoms with Crippen LogP contribution in [0.5, 0.6) is 0 Å². The SMILES string of the molecule is O=C(N/N=C/c1ccncc1)c1ccn(Cc2ccc([N+](=O)[O-])cc2)n1. The van der Waals surface area contributed by atoms with Crippen LogP contribution in [0.4, 0.5) is 5.69 Å². The van der Waals surface area contributed by atoms with Crippen molar-refractivity contribution in [1.29, 1.82) is 0 Å². The molecule has 1 N–H and O–H groups in total. The number of rotatable bonds is 6. The number of amides is 1. The van der Waals surface area contributed by atoms with E-state index in [-0.39, 0.29) is 11.4 Å². The Hall–Kier alpha value is -3.88. The van der Waals surface area contributed by atoms with E-state index in [0.29, 0.717) is 6.54 Å². The molecule has 0 aliphatic heterocycles. The van der Waals surface area contributed by atoms with Gasteiger partial charge in [-0.3, -0.25) is 24.6 Å². The van der Waals surface area contributed by atoms with E-state index in [2.05, 4.69) is 20.6 Å². The summed E-state index contributed by atoms with van der Waals surface area (Å²) in [6.07, 6.45) is 6.42. The Morgan fingerprint density at radius 1 is 1.19 bits per heavy atom. The summed E-state index contributed by atoms with van der Waals surface area (Å²) < 4.78 is 1.57. The topological polar surface area (TPSA) is 115 Å². The van der Waals surface area contributed by atoms with Crippen LogP contribution < -0.4 is 5.43 Å². The van der Waals surface area contributed by atoms with Crippen molar-refractivity contribution < 1.29 is 9.72 Å². The van der Waals surface area contributed by atoms with E-state index in [4.69, 9.17) is 0 Å². The first-order chi connectivity index (χ1) is 12.6. The summed E-state index contributed by atoms with van der Waals surface area (Å²) in [7, 11) is 0. The maximum absolute atomic E-state index is 12.0. The molecule has 3 rings (SSSR count). The number of carbonyl (C=O) groups excluding carboxylic acids is 1. The van der Waals surface area contributed by atoms with E-state index < -0.39 is 10.8 Å². The highest BCUT2D eigenvalue weighted by atomic mass is 16.6. The van der Waals surface area contributed by atoms with Gasteiger partial charge in [0.2, 0.25) is 0 Å². The summed E-state index contributed by atoms with van der Waals surface area (Å²) in [6.45, 7) is 0.394. The molecule has 2 aromatic heterocycles. The Morgan fingerprint density at radius 3 is 2.62 bits per heavy atom. The lowest BCUT2D eigenvalue weighted by molar-refractivity contribution is -0.384. The Labute approximate surface area is 148 Å². The molecule has 0 unspecified atom stereocenters. The number of aromatic nitrogens is 3. The van der Waals surface area contributed by atoms with Gasteiger partial charge in [0.15, 0.2) is 5.69 Å². The summed E-state index contributed by atoms with van der Waals surface area (Å²) in [4.78, 5) is 26.1. The predicted molar refractivity (Wildman–Crippen MR) is 93.7 cm³/mol. The van der Waals surface area contributed by atoms with E-state index in [0.717, 1.165) is 11.1 Å². The van der Waals surface area contributed by atoms with Gasteiger partial charge in [0.1, 0.15) is 0 Å². The minimum absolute atomic E-state index is 0.0290. The molecule has 0 aliphatic carbocycles. The first kappa shape index (κ1) is 17.0. The molecule has 130 valence electrons. The van der Waals surface area contributed by atoms with Crippen molar-refractivity contribution in [2.75, 3.05) is 0 Å². The fourth-order valence-electron chi connectivity index (χ4n) is 2.15. The molecule has 0 aliphatic rings. The zero-order valence-corrected chi connectivity index (χ0v) is 13.5. The average molecular weight is 350 g/mol. The van der Waals surface area contributed by atoms with Gasteiger partial charge in [-0.05, 0) is 29.3 Å². The van der Waals surface area contributed by atoms with Gasteiger partial charge < -0.3 is 0 Å². The highest BCUT2D eigenvalue weighted by molar-refractivity contribution is 5.92. The summed E-state index contributed by atoms with van der Waals surface area (Å²) in [6, 6.07) is 11.3. The second kappa shape index (κ2) is 7.79. The molecule has 3 aromatic rings. The van der Waals surface area contributed by atoms with Gasteiger partial charge in [0, 0.05) is 30.7 Å². The lowest BCUT2D eigenvalue weighted by Gasteiger charge is -2.01. The van der Waals surface area contributed by atoms with E-state index in [1.54, 1.807) is 53.6 Å². The molecule has 0 saturated carbocycles. The zero-order chi connectivity index (χ0) is 18.4. The Morgan fingerprint density at radius 2 is 1.92 bits per heavy atom. The van der Waals surface area contributed by atoms with Gasteiger partial charge in [0.25, 0.3) is 11.6 Å². The third-order valence-electron chi connectivity index (χ3n) is 3.45. The monoisotopic (exact) mass is 350 g/mol. The number of hydrogen-bond donors (Lipinski definition) is 1. The summed E-state index contributed by atoms with van der Waals surface area (Å²) in [5.74, 6) is -0.433. The third kappa shape index (κ3) is 4.35. The number of hydrazone groups is 1. The Balaban J connectivity index is 1.59. The number of nitro benzene ring substituents is 1. The van der Waals surface area contributed by atoms with Crippen LogP contribution in [0.2, 0.25) is 0 Å². The normalized spacial score (nSPS) is 10.8. The molecule has 0 bridgehead atoms. The van der Waals surface area contributed by atoms with Crippen molar-refractivity contribution in [3.8, 4) is 0 Å². The van der Waals surface area contributed by atoms with Gasteiger partial charge in [-0.25, -0.2) is 5.43 Å². The molecule has 0 radical (unpaired) electrons. The number of carbonyl (C=O) groups is 1. The van der Waals surface area contributed by atoms with Crippen molar-refractivity contribution in [2.24, 2.45) is 5.10 Å². The van der Waals surface area contributed by atoms with Crippen LogP contribution in [0.1, 0.15) is 21.6 Å². The Bertz CT molecular complexity index is 935. The fourth-order valence-corrected chi connectivity index (χ4v) is 2.15. The molecule has 0 spiro atoms. The highest BCUT2D eigenvalue weighted by Gasteiger charge is 2.09. The number of hydrogen-bond acceptors (Lipinski definition) is 6. The first-order valence-corrected chi connectivity index (χ1v) is 7.62. The number of nitrogens with zero attached hydrogens (tertiary/aromatic N) is 5. The fraction of sp³-hybridized carbons (Fsp3) is 0.0588. The minimum atomic E-state index is -0.452. The second-order valence-corrected chi connectivity index (χ2v) is 5.30. The van der Waals surface area contributed by atoms with Gasteiger partial charge in [-0.1, -0.05) is 12.1 Å². The van der Waals surface area contributed by atoms with Crippen molar-refractivity contribution in [3.63, 3.8) is 0 Å². The molecule has 9 heteroatoms. The third-order valence-corrected chi connectivity index (χ3v) is 3.45. The molecular weight excluding hydrogens is 336 g/mol. The van der Waals surface area contributed by atoms with E-state index in [1.807, 2.05) is 0 Å².